The Labute approximate surface area is 178 Å². The van der Waals surface area contributed by atoms with Crippen molar-refractivity contribution in [2.45, 2.75) is 111 Å². The first-order valence-corrected chi connectivity index (χ1v) is 12.8. The van der Waals surface area contributed by atoms with Crippen LogP contribution in [0.2, 0.25) is 0 Å². The summed E-state index contributed by atoms with van der Waals surface area (Å²) >= 11 is 0. The number of hydrogen-bond acceptors (Lipinski definition) is 2. The normalized spacial score (nSPS) is 49.1. The van der Waals surface area contributed by atoms with E-state index in [-0.39, 0.29) is 17.6 Å². The number of aliphatic hydroxyl groups excluding tert-OH is 1. The van der Waals surface area contributed by atoms with Crippen molar-refractivity contribution in [3.63, 3.8) is 0 Å². The highest BCUT2D eigenvalue weighted by molar-refractivity contribution is 5.35. The van der Waals surface area contributed by atoms with Gasteiger partial charge in [-0.05, 0) is 78.6 Å². The van der Waals surface area contributed by atoms with Crippen molar-refractivity contribution in [2.24, 2.45) is 46.3 Å². The molecular formula is C27H44O2. The summed E-state index contributed by atoms with van der Waals surface area (Å²) in [5, 5.41) is 10.3. The fourth-order valence-corrected chi connectivity index (χ4v) is 9.24. The molecule has 5 aliphatic rings. The molecular weight excluding hydrogens is 356 g/mol. The van der Waals surface area contributed by atoms with Gasteiger partial charge in [-0.15, -0.1) is 0 Å². The van der Waals surface area contributed by atoms with Crippen LogP contribution in [0.15, 0.2) is 11.3 Å². The zero-order valence-electron chi connectivity index (χ0n) is 19.5. The highest BCUT2D eigenvalue weighted by Crippen LogP contribution is 2.70. The van der Waals surface area contributed by atoms with E-state index in [1.807, 2.05) is 0 Å². The van der Waals surface area contributed by atoms with Gasteiger partial charge in [-0.3, -0.25) is 0 Å². The average molecular weight is 401 g/mol. The lowest BCUT2D eigenvalue weighted by atomic mass is 9.47. The van der Waals surface area contributed by atoms with Crippen molar-refractivity contribution >= 4 is 0 Å². The monoisotopic (exact) mass is 400 g/mol. The smallest absolute Gasteiger partial charge is 0.110 e. The zero-order valence-corrected chi connectivity index (χ0v) is 19.5. The molecule has 9 atom stereocenters. The summed E-state index contributed by atoms with van der Waals surface area (Å²) in [5.41, 5.74) is 2.29. The van der Waals surface area contributed by atoms with Gasteiger partial charge in [-0.1, -0.05) is 53.9 Å². The maximum Gasteiger partial charge on any atom is 0.110 e. The van der Waals surface area contributed by atoms with Crippen LogP contribution >= 0.6 is 0 Å². The lowest BCUT2D eigenvalue weighted by molar-refractivity contribution is -0.0724. The molecule has 0 amide bonds. The van der Waals surface area contributed by atoms with Crippen molar-refractivity contribution in [1.82, 2.24) is 0 Å². The van der Waals surface area contributed by atoms with Gasteiger partial charge < -0.3 is 9.84 Å². The second-order valence-electron chi connectivity index (χ2n) is 12.5. The third kappa shape index (κ3) is 2.90. The average Bonchev–Trinajstić information content (AvgIpc) is 2.99. The minimum atomic E-state index is -0.173. The Morgan fingerprint density at radius 1 is 1.03 bits per heavy atom. The molecule has 1 N–H and O–H groups in total. The molecule has 0 aromatic heterocycles. The molecule has 1 aliphatic heterocycles. The fraction of sp³-hybridized carbons (Fsp3) is 0.926. The molecule has 1 unspecified atom stereocenters. The lowest BCUT2D eigenvalue weighted by Gasteiger charge is -2.56. The first-order valence-electron chi connectivity index (χ1n) is 12.8. The number of aliphatic hydroxyl groups is 1. The van der Waals surface area contributed by atoms with Gasteiger partial charge >= 0.3 is 0 Å². The number of fused-ring (bicyclic) bond motifs is 3. The summed E-state index contributed by atoms with van der Waals surface area (Å²) < 4.78 is 6.53. The molecule has 2 nitrogen and oxygen atoms in total. The third-order valence-corrected chi connectivity index (χ3v) is 10.7. The van der Waals surface area contributed by atoms with Crippen molar-refractivity contribution < 1.29 is 9.84 Å². The highest BCUT2D eigenvalue weighted by Gasteiger charge is 2.65. The first-order chi connectivity index (χ1) is 13.7. The quantitative estimate of drug-likeness (QED) is 0.554. The third-order valence-electron chi connectivity index (χ3n) is 10.7. The van der Waals surface area contributed by atoms with Crippen LogP contribution in [0, 0.1) is 46.3 Å². The van der Waals surface area contributed by atoms with E-state index in [1.54, 1.807) is 0 Å². The fourth-order valence-electron chi connectivity index (χ4n) is 9.24. The van der Waals surface area contributed by atoms with Crippen LogP contribution < -0.4 is 0 Å². The second-order valence-corrected chi connectivity index (χ2v) is 12.5. The van der Waals surface area contributed by atoms with E-state index in [0.717, 1.165) is 48.3 Å². The highest BCUT2D eigenvalue weighted by atomic mass is 16.5. The van der Waals surface area contributed by atoms with Crippen LogP contribution in [0.3, 0.4) is 0 Å². The molecule has 0 saturated heterocycles. The van der Waals surface area contributed by atoms with E-state index in [4.69, 9.17) is 4.74 Å². The van der Waals surface area contributed by atoms with Gasteiger partial charge in [0.2, 0.25) is 0 Å². The first kappa shape index (κ1) is 20.4. The van der Waals surface area contributed by atoms with Crippen molar-refractivity contribution in [2.75, 3.05) is 0 Å². The molecule has 4 aliphatic carbocycles. The Morgan fingerprint density at radius 2 is 1.83 bits per heavy atom. The van der Waals surface area contributed by atoms with Crippen molar-refractivity contribution in [3.05, 3.63) is 11.3 Å². The van der Waals surface area contributed by atoms with Gasteiger partial charge in [0.1, 0.15) is 6.10 Å². The molecule has 3 fully saturated rings. The number of allylic oxidation sites excluding steroid dienone is 1. The van der Waals surface area contributed by atoms with Gasteiger partial charge in [0.15, 0.2) is 0 Å². The molecule has 164 valence electrons. The number of ether oxygens (including phenoxy) is 1. The Hall–Kier alpha value is -0.500. The standard InChI is InChI=1S/C27H44O2/c1-16(2)7-6-8-17(3)20-9-10-21-19-15-24-23-13-18(28)14-25(29-24)27(23,5)22(19)11-12-26(20,21)4/h16-22,25,28H,6-15H2,1-5H3/t17-,18-,19+,20-,21+,22+,25?,26-,27-/m1/s1. The van der Waals surface area contributed by atoms with Crippen molar-refractivity contribution in [1.29, 1.82) is 0 Å². The van der Waals surface area contributed by atoms with E-state index in [0.29, 0.717) is 5.41 Å². The van der Waals surface area contributed by atoms with E-state index < -0.39 is 0 Å². The molecule has 4 bridgehead atoms. The van der Waals surface area contributed by atoms with Crippen LogP contribution in [0.5, 0.6) is 0 Å². The predicted molar refractivity (Wildman–Crippen MR) is 118 cm³/mol. The van der Waals surface area contributed by atoms with E-state index in [9.17, 15) is 5.11 Å². The number of hydrogen-bond donors (Lipinski definition) is 1. The van der Waals surface area contributed by atoms with Crippen LogP contribution in [-0.4, -0.2) is 17.3 Å². The lowest BCUT2D eigenvalue weighted by Crippen LogP contribution is -2.53. The minimum Gasteiger partial charge on any atom is -0.494 e. The molecule has 0 radical (unpaired) electrons. The Morgan fingerprint density at radius 3 is 2.59 bits per heavy atom. The van der Waals surface area contributed by atoms with Gasteiger partial charge in [0, 0.05) is 18.3 Å². The molecule has 3 saturated carbocycles. The zero-order chi connectivity index (χ0) is 20.6. The number of rotatable bonds is 5. The molecule has 1 heterocycles. The van der Waals surface area contributed by atoms with Crippen LogP contribution in [0.1, 0.15) is 98.8 Å². The Kier molecular flexibility index (Phi) is 4.93. The van der Waals surface area contributed by atoms with E-state index in [1.165, 1.54) is 62.7 Å². The van der Waals surface area contributed by atoms with Gasteiger partial charge in [0.05, 0.1) is 11.9 Å². The summed E-state index contributed by atoms with van der Waals surface area (Å²) in [5.74, 6) is 6.46. The van der Waals surface area contributed by atoms with E-state index in [2.05, 4.69) is 34.6 Å². The van der Waals surface area contributed by atoms with Crippen LogP contribution in [0.4, 0.5) is 0 Å². The predicted octanol–water partition coefficient (Wildman–Crippen LogP) is 6.73. The topological polar surface area (TPSA) is 29.5 Å². The maximum absolute atomic E-state index is 10.3. The van der Waals surface area contributed by atoms with Crippen LogP contribution in [0.25, 0.3) is 0 Å². The Bertz CT molecular complexity index is 680. The summed E-state index contributed by atoms with van der Waals surface area (Å²) in [7, 11) is 0. The van der Waals surface area contributed by atoms with Gasteiger partial charge in [-0.2, -0.15) is 0 Å². The molecule has 0 aromatic carbocycles. The molecule has 2 heteroatoms. The van der Waals surface area contributed by atoms with Crippen LogP contribution in [-0.2, 0) is 4.74 Å². The molecule has 5 rings (SSSR count). The van der Waals surface area contributed by atoms with E-state index >= 15 is 0 Å². The second kappa shape index (κ2) is 7.01. The summed E-state index contributed by atoms with van der Waals surface area (Å²) in [6, 6.07) is 0. The summed E-state index contributed by atoms with van der Waals surface area (Å²) in [6.45, 7) is 12.5. The molecule has 0 spiro atoms. The summed E-state index contributed by atoms with van der Waals surface area (Å²) in [6.07, 6.45) is 12.9. The molecule has 0 aromatic rings. The Balaban J connectivity index is 1.36. The minimum absolute atomic E-state index is 0.173. The maximum atomic E-state index is 10.3. The summed E-state index contributed by atoms with van der Waals surface area (Å²) in [4.78, 5) is 0. The van der Waals surface area contributed by atoms with Crippen molar-refractivity contribution in [3.8, 4) is 0 Å². The van der Waals surface area contributed by atoms with Gasteiger partial charge in [-0.25, -0.2) is 0 Å². The largest absolute Gasteiger partial charge is 0.494 e. The molecule has 29 heavy (non-hydrogen) atoms. The van der Waals surface area contributed by atoms with Gasteiger partial charge in [0.25, 0.3) is 0 Å². The SMILES string of the molecule is CC(C)CCC[C@@H](C)[C@H]1CC[C@H]2[C@@H]3CC4=C5C[C@@H](O)CC(O4)[C@]5(C)[C@H]3CC[C@]12C.